The van der Waals surface area contributed by atoms with Crippen molar-refractivity contribution >= 4 is 24.0 Å². The molecule has 15 heavy (non-hydrogen) atoms. The molecule has 0 heterocycles. The van der Waals surface area contributed by atoms with E-state index in [4.69, 9.17) is 5.73 Å². The smallest absolute Gasteiger partial charge is 0.406 e. The Morgan fingerprint density at radius 2 is 1.67 bits per heavy atom. The summed E-state index contributed by atoms with van der Waals surface area (Å²) in [6.45, 7) is 0.472. The van der Waals surface area contributed by atoms with E-state index in [2.05, 4.69) is 4.74 Å². The third-order valence-electron chi connectivity index (χ3n) is 1.59. The van der Waals surface area contributed by atoms with Crippen LogP contribution in [0.25, 0.3) is 0 Å². The quantitative estimate of drug-likeness (QED) is 0.864. The summed E-state index contributed by atoms with van der Waals surface area (Å²) in [6, 6.07) is 5.68. The first-order valence-electron chi connectivity index (χ1n) is 4.06. The minimum Gasteiger partial charge on any atom is -0.406 e. The van der Waals surface area contributed by atoms with Gasteiger partial charge in [-0.25, -0.2) is 0 Å². The molecule has 0 radical (unpaired) electrons. The van der Waals surface area contributed by atoms with E-state index in [0.29, 0.717) is 13.0 Å². The van der Waals surface area contributed by atoms with Gasteiger partial charge in [-0.15, -0.1) is 37.1 Å². The van der Waals surface area contributed by atoms with Crippen LogP contribution in [0.1, 0.15) is 5.56 Å². The lowest BCUT2D eigenvalue weighted by Crippen LogP contribution is -2.17. The van der Waals surface area contributed by atoms with Crippen molar-refractivity contribution < 1.29 is 17.9 Å². The molecule has 1 aromatic rings. The van der Waals surface area contributed by atoms with Crippen LogP contribution < -0.4 is 10.5 Å². The molecule has 86 valence electrons. The Balaban J connectivity index is 0.00000196. The summed E-state index contributed by atoms with van der Waals surface area (Å²) in [5.41, 5.74) is 6.18. The number of hydrogen-bond acceptors (Lipinski definition) is 2. The first-order valence-corrected chi connectivity index (χ1v) is 4.06. The summed E-state index contributed by atoms with van der Waals surface area (Å²) < 4.78 is 38.9. The van der Waals surface area contributed by atoms with Crippen molar-refractivity contribution in [3.63, 3.8) is 0 Å². The van der Waals surface area contributed by atoms with Crippen LogP contribution in [0.4, 0.5) is 13.2 Å². The number of halogens is 4. The highest BCUT2D eigenvalue weighted by molar-refractivity contribution is 14.0. The molecule has 1 aromatic carbocycles. The van der Waals surface area contributed by atoms with Crippen LogP contribution in [0.15, 0.2) is 24.3 Å². The predicted molar refractivity (Wildman–Crippen MR) is 61.3 cm³/mol. The van der Waals surface area contributed by atoms with Gasteiger partial charge in [0.25, 0.3) is 0 Å². The van der Waals surface area contributed by atoms with Gasteiger partial charge >= 0.3 is 6.36 Å². The van der Waals surface area contributed by atoms with Crippen molar-refractivity contribution in [1.29, 1.82) is 0 Å². The first-order chi connectivity index (χ1) is 6.51. The van der Waals surface area contributed by atoms with Gasteiger partial charge in [-0.05, 0) is 30.7 Å². The molecule has 0 aromatic heterocycles. The van der Waals surface area contributed by atoms with E-state index in [1.54, 1.807) is 12.1 Å². The van der Waals surface area contributed by atoms with Gasteiger partial charge in [0.2, 0.25) is 0 Å². The van der Waals surface area contributed by atoms with E-state index in [1.165, 1.54) is 12.1 Å². The van der Waals surface area contributed by atoms with Crippen LogP contribution in [0.3, 0.4) is 0 Å². The van der Waals surface area contributed by atoms with Gasteiger partial charge in [-0.3, -0.25) is 0 Å². The van der Waals surface area contributed by atoms with Gasteiger partial charge in [0, 0.05) is 0 Å². The zero-order valence-corrected chi connectivity index (χ0v) is 10.1. The summed E-state index contributed by atoms with van der Waals surface area (Å²) in [5, 5.41) is 0. The van der Waals surface area contributed by atoms with E-state index < -0.39 is 6.36 Å². The molecule has 0 bridgehead atoms. The van der Waals surface area contributed by atoms with E-state index >= 15 is 0 Å². The predicted octanol–water partition coefficient (Wildman–Crippen LogP) is 2.70. The normalized spacial score (nSPS) is 10.7. The maximum absolute atomic E-state index is 11.7. The third-order valence-corrected chi connectivity index (χ3v) is 1.59. The van der Waals surface area contributed by atoms with Gasteiger partial charge in [0.05, 0.1) is 0 Å². The molecular weight excluding hydrogens is 322 g/mol. The number of alkyl halides is 3. The molecule has 1 rings (SSSR count). The standard InChI is InChI=1S/C9H10F3NO.HI/c10-9(11,12)14-8-3-1-7(2-4-8)5-6-13;/h1-4H,5-6,13H2;1H. The molecule has 0 fully saturated rings. The third kappa shape index (κ3) is 5.83. The summed E-state index contributed by atoms with van der Waals surface area (Å²) in [4.78, 5) is 0. The van der Waals surface area contributed by atoms with E-state index in [1.807, 2.05) is 0 Å². The molecule has 0 saturated heterocycles. The summed E-state index contributed by atoms with van der Waals surface area (Å²) in [6.07, 6.45) is -3.98. The molecule has 0 spiro atoms. The Kier molecular flexibility index (Phi) is 5.96. The summed E-state index contributed by atoms with van der Waals surface area (Å²) in [7, 11) is 0. The van der Waals surface area contributed by atoms with Crippen LogP contribution in [0, 0.1) is 0 Å². The zero-order valence-electron chi connectivity index (χ0n) is 7.75. The van der Waals surface area contributed by atoms with Gasteiger partial charge in [0.15, 0.2) is 0 Å². The molecule has 0 aliphatic carbocycles. The van der Waals surface area contributed by atoms with E-state index in [0.717, 1.165) is 5.56 Å². The van der Waals surface area contributed by atoms with Crippen molar-refractivity contribution in [3.8, 4) is 5.75 Å². The second kappa shape index (κ2) is 6.16. The Morgan fingerprint density at radius 3 is 2.07 bits per heavy atom. The van der Waals surface area contributed by atoms with Crippen molar-refractivity contribution in [1.82, 2.24) is 0 Å². The molecule has 0 aliphatic rings. The van der Waals surface area contributed by atoms with Crippen LogP contribution in [-0.2, 0) is 6.42 Å². The average molecular weight is 333 g/mol. The van der Waals surface area contributed by atoms with Crippen molar-refractivity contribution in [3.05, 3.63) is 29.8 Å². The van der Waals surface area contributed by atoms with Crippen LogP contribution >= 0.6 is 24.0 Å². The lowest BCUT2D eigenvalue weighted by Gasteiger charge is -2.08. The lowest BCUT2D eigenvalue weighted by atomic mass is 10.1. The van der Waals surface area contributed by atoms with Gasteiger partial charge < -0.3 is 10.5 Å². The highest BCUT2D eigenvalue weighted by Gasteiger charge is 2.30. The first kappa shape index (κ1) is 14.5. The molecular formula is C9H11F3INO. The van der Waals surface area contributed by atoms with E-state index in [9.17, 15) is 13.2 Å². The molecule has 0 saturated carbocycles. The van der Waals surface area contributed by atoms with Crippen LogP contribution in [-0.4, -0.2) is 12.9 Å². The molecule has 0 amide bonds. The van der Waals surface area contributed by atoms with Crippen molar-refractivity contribution in [2.45, 2.75) is 12.8 Å². The maximum atomic E-state index is 11.7. The Hall–Kier alpha value is -0.500. The summed E-state index contributed by atoms with van der Waals surface area (Å²) >= 11 is 0. The fourth-order valence-electron chi connectivity index (χ4n) is 1.02. The number of nitrogens with two attached hydrogens (primary N) is 1. The Bertz CT molecular complexity index is 286. The number of hydrogen-bond donors (Lipinski definition) is 1. The van der Waals surface area contributed by atoms with Gasteiger partial charge in [-0.1, -0.05) is 12.1 Å². The lowest BCUT2D eigenvalue weighted by molar-refractivity contribution is -0.274. The molecule has 0 unspecified atom stereocenters. The Morgan fingerprint density at radius 1 is 1.13 bits per heavy atom. The average Bonchev–Trinajstić information content (AvgIpc) is 2.06. The SMILES string of the molecule is I.NCCc1ccc(OC(F)(F)F)cc1. The minimum atomic E-state index is -4.63. The van der Waals surface area contributed by atoms with Crippen molar-refractivity contribution in [2.75, 3.05) is 6.54 Å². The second-order valence-electron chi connectivity index (χ2n) is 2.73. The second-order valence-corrected chi connectivity index (χ2v) is 2.73. The summed E-state index contributed by atoms with van der Waals surface area (Å²) in [5.74, 6) is -0.210. The van der Waals surface area contributed by atoms with Crippen LogP contribution in [0.5, 0.6) is 5.75 Å². The monoisotopic (exact) mass is 333 g/mol. The number of ether oxygens (including phenoxy) is 1. The van der Waals surface area contributed by atoms with Gasteiger partial charge in [-0.2, -0.15) is 0 Å². The van der Waals surface area contributed by atoms with Crippen molar-refractivity contribution in [2.24, 2.45) is 5.73 Å². The molecule has 2 nitrogen and oxygen atoms in total. The highest BCUT2D eigenvalue weighted by atomic mass is 127. The molecule has 0 atom stereocenters. The fraction of sp³-hybridized carbons (Fsp3) is 0.333. The largest absolute Gasteiger partial charge is 0.573 e. The Labute approximate surface area is 103 Å². The zero-order chi connectivity index (χ0) is 10.6. The van der Waals surface area contributed by atoms with E-state index in [-0.39, 0.29) is 29.7 Å². The number of benzene rings is 1. The highest BCUT2D eigenvalue weighted by Crippen LogP contribution is 2.22. The maximum Gasteiger partial charge on any atom is 0.573 e. The van der Waals surface area contributed by atoms with Gasteiger partial charge in [0.1, 0.15) is 5.75 Å². The molecule has 6 heteroatoms. The topological polar surface area (TPSA) is 35.2 Å². The molecule has 0 aliphatic heterocycles. The minimum absolute atomic E-state index is 0. The van der Waals surface area contributed by atoms with Crippen LogP contribution in [0.2, 0.25) is 0 Å². The number of rotatable bonds is 3. The fourth-order valence-corrected chi connectivity index (χ4v) is 1.02. The molecule has 2 N–H and O–H groups in total.